The van der Waals surface area contributed by atoms with E-state index < -0.39 is 18.4 Å². The Labute approximate surface area is 140 Å². The first kappa shape index (κ1) is 19.5. The molecule has 0 radical (unpaired) electrons. The molecule has 0 saturated carbocycles. The zero-order valence-corrected chi connectivity index (χ0v) is 18.2. The third-order valence-electron chi connectivity index (χ3n) is 4.71. The average Bonchev–Trinajstić information content (AvgIpc) is 2.88. The van der Waals surface area contributed by atoms with Crippen LogP contribution < -0.4 is 2.89 Å². The van der Waals surface area contributed by atoms with Crippen molar-refractivity contribution in [1.29, 1.82) is 0 Å². The van der Waals surface area contributed by atoms with E-state index in [0.29, 0.717) is 0 Å². The second-order valence-corrected chi connectivity index (χ2v) is 21.8. The van der Waals surface area contributed by atoms with Gasteiger partial charge in [-0.3, -0.25) is 0 Å². The number of hydrogen-bond donors (Lipinski definition) is 1. The van der Waals surface area contributed by atoms with Gasteiger partial charge in [0.25, 0.3) is 0 Å². The molecule has 1 rings (SSSR count). The summed E-state index contributed by atoms with van der Waals surface area (Å²) in [6, 6.07) is 2.47. The Kier molecular flexibility index (Phi) is 9.54. The van der Waals surface area contributed by atoms with Crippen molar-refractivity contribution < 1.29 is 5.11 Å². The SMILES string of the molecule is CCC[CH2][Sn]([CH2]CCC)([CH2]CCC)[c]1cc(C)c(CO)s1. The monoisotopic (exact) mass is 418 g/mol. The molecule has 0 spiro atoms. The van der Waals surface area contributed by atoms with E-state index in [-0.39, 0.29) is 6.61 Å². The minimum atomic E-state index is -2.23. The van der Waals surface area contributed by atoms with Crippen LogP contribution in [0.15, 0.2) is 6.07 Å². The zero-order chi connectivity index (χ0) is 15.7. The molecule has 122 valence electrons. The van der Waals surface area contributed by atoms with Crippen LogP contribution in [-0.2, 0) is 6.61 Å². The van der Waals surface area contributed by atoms with Gasteiger partial charge in [-0.2, -0.15) is 0 Å². The minimum absolute atomic E-state index is 0.230. The number of aliphatic hydroxyl groups is 1. The van der Waals surface area contributed by atoms with Gasteiger partial charge in [-0.05, 0) is 0 Å². The quantitative estimate of drug-likeness (QED) is 0.465. The number of hydrogen-bond acceptors (Lipinski definition) is 2. The molecule has 1 aromatic heterocycles. The summed E-state index contributed by atoms with van der Waals surface area (Å²) in [4.78, 5) is 1.22. The topological polar surface area (TPSA) is 20.2 Å². The first-order chi connectivity index (χ1) is 10.1. The molecule has 0 bridgehead atoms. The van der Waals surface area contributed by atoms with Crippen LogP contribution in [0.4, 0.5) is 0 Å². The third-order valence-corrected chi connectivity index (χ3v) is 24.1. The fourth-order valence-corrected chi connectivity index (χ4v) is 23.8. The Morgan fingerprint density at radius 2 is 1.43 bits per heavy atom. The summed E-state index contributed by atoms with van der Waals surface area (Å²) in [5, 5.41) is 9.56. The molecule has 0 unspecified atom stereocenters. The van der Waals surface area contributed by atoms with E-state index in [1.54, 1.807) is 2.89 Å². The van der Waals surface area contributed by atoms with E-state index >= 15 is 0 Å². The van der Waals surface area contributed by atoms with Gasteiger partial charge in [-0.15, -0.1) is 0 Å². The van der Waals surface area contributed by atoms with Crippen LogP contribution >= 0.6 is 11.3 Å². The van der Waals surface area contributed by atoms with Crippen LogP contribution in [0.1, 0.15) is 69.7 Å². The predicted octanol–water partition coefficient (Wildman–Crippen LogP) is 5.60. The number of aliphatic hydroxyl groups excluding tert-OH is 1. The normalized spacial score (nSPS) is 12.0. The van der Waals surface area contributed by atoms with Crippen molar-refractivity contribution in [3.63, 3.8) is 0 Å². The molecular weight excluding hydrogens is 383 g/mol. The van der Waals surface area contributed by atoms with Gasteiger partial charge in [0.2, 0.25) is 0 Å². The van der Waals surface area contributed by atoms with E-state index in [2.05, 4.69) is 33.8 Å². The molecule has 0 saturated heterocycles. The van der Waals surface area contributed by atoms with Crippen molar-refractivity contribution in [3.8, 4) is 0 Å². The van der Waals surface area contributed by atoms with E-state index in [9.17, 15) is 5.11 Å². The molecule has 0 aromatic carbocycles. The van der Waals surface area contributed by atoms with Crippen LogP contribution in [0.2, 0.25) is 13.3 Å². The molecule has 1 N–H and O–H groups in total. The van der Waals surface area contributed by atoms with E-state index in [4.69, 9.17) is 0 Å². The van der Waals surface area contributed by atoms with Crippen molar-refractivity contribution in [2.45, 2.75) is 86.1 Å². The average molecular weight is 417 g/mol. The van der Waals surface area contributed by atoms with Crippen LogP contribution in [0.5, 0.6) is 0 Å². The summed E-state index contributed by atoms with van der Waals surface area (Å²) in [6.45, 7) is 9.40. The van der Waals surface area contributed by atoms with Crippen LogP contribution in [0, 0.1) is 6.92 Å². The van der Waals surface area contributed by atoms with Crippen LogP contribution in [-0.4, -0.2) is 23.5 Å². The molecule has 0 aliphatic carbocycles. The second-order valence-electron chi connectivity index (χ2n) is 6.47. The molecule has 1 aromatic rings. The van der Waals surface area contributed by atoms with Gasteiger partial charge in [-0.1, -0.05) is 0 Å². The van der Waals surface area contributed by atoms with Gasteiger partial charge in [0.05, 0.1) is 0 Å². The summed E-state index contributed by atoms with van der Waals surface area (Å²) in [6.07, 6.45) is 8.22. The molecule has 3 heteroatoms. The summed E-state index contributed by atoms with van der Waals surface area (Å²) < 4.78 is 6.32. The van der Waals surface area contributed by atoms with Crippen LogP contribution in [0.25, 0.3) is 0 Å². The predicted molar refractivity (Wildman–Crippen MR) is 99.5 cm³/mol. The van der Waals surface area contributed by atoms with Gasteiger partial charge in [0, 0.05) is 0 Å². The fraction of sp³-hybridized carbons (Fsp3) is 0.778. The van der Waals surface area contributed by atoms with Gasteiger partial charge in [-0.25, -0.2) is 0 Å². The Balaban J connectivity index is 3.09. The van der Waals surface area contributed by atoms with Gasteiger partial charge in [0.1, 0.15) is 0 Å². The van der Waals surface area contributed by atoms with Gasteiger partial charge < -0.3 is 0 Å². The summed E-state index contributed by atoms with van der Waals surface area (Å²) >= 11 is -0.273. The van der Waals surface area contributed by atoms with E-state index in [1.165, 1.54) is 62.3 Å². The Morgan fingerprint density at radius 3 is 1.76 bits per heavy atom. The summed E-state index contributed by atoms with van der Waals surface area (Å²) in [5.41, 5.74) is 1.34. The van der Waals surface area contributed by atoms with E-state index in [1.807, 2.05) is 11.3 Å². The van der Waals surface area contributed by atoms with Crippen molar-refractivity contribution in [2.24, 2.45) is 0 Å². The number of aryl methyl sites for hydroxylation is 1. The molecule has 1 nitrogen and oxygen atoms in total. The molecule has 0 atom stereocenters. The molecule has 1 heterocycles. The van der Waals surface area contributed by atoms with E-state index in [0.717, 1.165) is 0 Å². The fourth-order valence-electron chi connectivity index (χ4n) is 3.23. The molecular formula is C18H34OSSn. The van der Waals surface area contributed by atoms with Gasteiger partial charge in [0.15, 0.2) is 0 Å². The summed E-state index contributed by atoms with van der Waals surface area (Å²) in [5.74, 6) is 0. The third kappa shape index (κ3) is 5.54. The Bertz CT molecular complexity index is 378. The maximum atomic E-state index is 9.56. The standard InChI is InChI=1S/C6H7OS.3C4H9.Sn/c1-5-2-3-8-6(5)4-7;3*1-3-4-2;/h2,7H,4H2,1H3;3*1,3-4H2,2H3;. The molecule has 0 amide bonds. The maximum absolute atomic E-state index is 9.56. The van der Waals surface area contributed by atoms with Crippen molar-refractivity contribution in [1.82, 2.24) is 0 Å². The second kappa shape index (κ2) is 10.3. The zero-order valence-electron chi connectivity index (χ0n) is 14.5. The first-order valence-electron chi connectivity index (χ1n) is 8.84. The molecule has 0 fully saturated rings. The van der Waals surface area contributed by atoms with Crippen LogP contribution in [0.3, 0.4) is 0 Å². The Morgan fingerprint density at radius 1 is 0.952 bits per heavy atom. The van der Waals surface area contributed by atoms with Gasteiger partial charge >= 0.3 is 140 Å². The van der Waals surface area contributed by atoms with Crippen molar-refractivity contribution >= 4 is 32.6 Å². The first-order valence-corrected chi connectivity index (χ1v) is 17.1. The number of rotatable bonds is 11. The van der Waals surface area contributed by atoms with Crippen molar-refractivity contribution in [2.75, 3.05) is 0 Å². The molecule has 0 aliphatic rings. The Hall–Kier alpha value is 0.459. The van der Waals surface area contributed by atoms with Crippen molar-refractivity contribution in [3.05, 3.63) is 16.5 Å². The summed E-state index contributed by atoms with van der Waals surface area (Å²) in [7, 11) is 0. The molecule has 0 aliphatic heterocycles. The number of unbranched alkanes of at least 4 members (excludes halogenated alkanes) is 3. The molecule has 21 heavy (non-hydrogen) atoms. The number of thiophene rings is 1.